The Morgan fingerprint density at radius 3 is 2.19 bits per heavy atom. The molecule has 0 spiro atoms. The molecule has 0 saturated carbocycles. The summed E-state index contributed by atoms with van der Waals surface area (Å²) in [6.07, 6.45) is 0. The Kier molecular flexibility index (Phi) is 7.12. The third kappa shape index (κ3) is 4.00. The van der Waals surface area contributed by atoms with Gasteiger partial charge in [0.1, 0.15) is 6.67 Å². The molecule has 0 radical (unpaired) electrons. The van der Waals surface area contributed by atoms with Gasteiger partial charge in [0.05, 0.1) is 6.04 Å². The van der Waals surface area contributed by atoms with E-state index in [1.807, 2.05) is 0 Å². The third-order valence-corrected chi connectivity index (χ3v) is 2.88. The predicted molar refractivity (Wildman–Crippen MR) is 56.0 cm³/mol. The molecule has 84 valence electrons. The van der Waals surface area contributed by atoms with Crippen LogP contribution in [-0.2, 0) is 11.1 Å². The zero-order valence-electron chi connectivity index (χ0n) is 9.64. The van der Waals surface area contributed by atoms with Crippen LogP contribution in [0.3, 0.4) is 0 Å². The molecule has 1 rings (SSSR count). The van der Waals surface area contributed by atoms with Gasteiger partial charge in [-0.3, -0.25) is 4.21 Å². The first-order chi connectivity index (χ1) is 7.06. The fourth-order valence-corrected chi connectivity index (χ4v) is 1.68. The molecular weight excluding hydrogens is 224 g/mol. The molecule has 16 heavy (non-hydrogen) atoms. The second kappa shape index (κ2) is 7.20. The first-order valence-corrected chi connectivity index (χ1v) is 5.55. The summed E-state index contributed by atoms with van der Waals surface area (Å²) in [5.74, 6) is 0. The van der Waals surface area contributed by atoms with E-state index in [1.165, 1.54) is 12.1 Å². The normalized spacial score (nSPS) is 14.3. The van der Waals surface area contributed by atoms with E-state index in [1.54, 1.807) is 31.1 Å². The Labute approximate surface area is 109 Å². The van der Waals surface area contributed by atoms with Crippen LogP contribution < -0.4 is 18.9 Å². The van der Waals surface area contributed by atoms with Gasteiger partial charge in [-0.15, -0.1) is 0 Å². The van der Waals surface area contributed by atoms with Gasteiger partial charge in [0, 0.05) is 4.90 Å². The molecule has 0 aliphatic heterocycles. The van der Waals surface area contributed by atoms with E-state index in [4.69, 9.17) is 0 Å². The molecule has 0 heterocycles. The van der Waals surface area contributed by atoms with Gasteiger partial charge < -0.3 is 9.45 Å². The number of hydrogen-bond acceptors (Lipinski definition) is 3. The van der Waals surface area contributed by atoms with Crippen LogP contribution in [0, 0.1) is 0 Å². The molecule has 0 fully saturated rings. The number of hydrogen-bond donors (Lipinski definition) is 0. The molecule has 0 aliphatic rings. The maximum Gasteiger partial charge on any atom is 1.00 e. The van der Waals surface area contributed by atoms with E-state index in [9.17, 15) is 13.2 Å². The zero-order valence-corrected chi connectivity index (χ0v) is 10.5. The minimum Gasteiger partial charge on any atom is -0.768 e. The van der Waals surface area contributed by atoms with Crippen molar-refractivity contribution in [3.8, 4) is 0 Å². The van der Waals surface area contributed by atoms with Crippen molar-refractivity contribution in [3.63, 3.8) is 0 Å². The molecule has 0 amide bonds. The molecule has 2 atom stereocenters. The molecule has 6 heteroatoms. The smallest absolute Gasteiger partial charge is 0.768 e. The van der Waals surface area contributed by atoms with Crippen molar-refractivity contribution in [1.29, 1.82) is 0 Å². The Morgan fingerprint density at radius 1 is 1.38 bits per heavy atom. The van der Waals surface area contributed by atoms with Crippen molar-refractivity contribution in [1.82, 2.24) is 4.90 Å². The van der Waals surface area contributed by atoms with Gasteiger partial charge in [-0.2, -0.15) is 0 Å². The average molecular weight is 237 g/mol. The first kappa shape index (κ1) is 15.8. The largest absolute Gasteiger partial charge is 1.00 e. The van der Waals surface area contributed by atoms with Crippen molar-refractivity contribution >= 4 is 11.1 Å². The summed E-state index contributed by atoms with van der Waals surface area (Å²) in [4.78, 5) is 1.97. The van der Waals surface area contributed by atoms with Crippen LogP contribution in [0.4, 0.5) is 4.39 Å². The van der Waals surface area contributed by atoms with Gasteiger partial charge in [0.15, 0.2) is 0 Å². The van der Waals surface area contributed by atoms with Gasteiger partial charge in [-0.05, 0) is 42.9 Å². The SMILES string of the molecule is CN(C)C(CF)c1ccc(S(=O)[O-])cc1.[Li+]. The topological polar surface area (TPSA) is 43.4 Å². The first-order valence-electron chi connectivity index (χ1n) is 4.48. The molecule has 0 aliphatic carbocycles. The van der Waals surface area contributed by atoms with Crippen molar-refractivity contribution in [2.75, 3.05) is 20.8 Å². The van der Waals surface area contributed by atoms with E-state index in [0.717, 1.165) is 5.56 Å². The fourth-order valence-electron chi connectivity index (χ4n) is 1.33. The molecular formula is C10H13FLiNO2S. The van der Waals surface area contributed by atoms with Gasteiger partial charge in [-0.1, -0.05) is 12.1 Å². The summed E-state index contributed by atoms with van der Waals surface area (Å²) >= 11 is -2.22. The fraction of sp³-hybridized carbons (Fsp3) is 0.400. The average Bonchev–Trinajstić information content (AvgIpc) is 2.19. The number of alkyl halides is 1. The third-order valence-electron chi connectivity index (χ3n) is 2.23. The summed E-state index contributed by atoms with van der Waals surface area (Å²) in [6.45, 7) is -0.493. The molecule has 0 saturated heterocycles. The summed E-state index contributed by atoms with van der Waals surface area (Å²) in [7, 11) is 3.56. The van der Waals surface area contributed by atoms with Crippen LogP contribution in [0.5, 0.6) is 0 Å². The molecule has 0 bridgehead atoms. The minimum atomic E-state index is -2.22. The Morgan fingerprint density at radius 2 is 1.88 bits per heavy atom. The van der Waals surface area contributed by atoms with Crippen molar-refractivity contribution in [3.05, 3.63) is 29.8 Å². The van der Waals surface area contributed by atoms with Crippen LogP contribution >= 0.6 is 0 Å². The summed E-state index contributed by atoms with van der Waals surface area (Å²) < 4.78 is 33.9. The van der Waals surface area contributed by atoms with E-state index >= 15 is 0 Å². The van der Waals surface area contributed by atoms with E-state index in [-0.39, 0.29) is 29.8 Å². The Bertz CT molecular complexity index is 345. The second-order valence-electron chi connectivity index (χ2n) is 3.44. The maximum atomic E-state index is 12.7. The van der Waals surface area contributed by atoms with Gasteiger partial charge in [-0.25, -0.2) is 4.39 Å². The van der Waals surface area contributed by atoms with Crippen LogP contribution in [0.15, 0.2) is 29.2 Å². The van der Waals surface area contributed by atoms with Crippen LogP contribution in [0.1, 0.15) is 11.6 Å². The number of halogens is 1. The van der Waals surface area contributed by atoms with Crippen LogP contribution in [0.2, 0.25) is 0 Å². The maximum absolute atomic E-state index is 12.7. The van der Waals surface area contributed by atoms with Crippen molar-refractivity contribution < 1.29 is 32.0 Å². The molecule has 2 unspecified atom stereocenters. The summed E-state index contributed by atoms with van der Waals surface area (Å²) in [5, 5.41) is 0. The Balaban J connectivity index is 0.00000225. The van der Waals surface area contributed by atoms with Crippen LogP contribution in [0.25, 0.3) is 0 Å². The molecule has 1 aromatic carbocycles. The quantitative estimate of drug-likeness (QED) is 0.473. The number of rotatable bonds is 4. The van der Waals surface area contributed by atoms with E-state index < -0.39 is 17.8 Å². The number of nitrogens with zero attached hydrogens (tertiary/aromatic N) is 1. The number of benzene rings is 1. The van der Waals surface area contributed by atoms with E-state index in [2.05, 4.69) is 0 Å². The van der Waals surface area contributed by atoms with Gasteiger partial charge in [0.25, 0.3) is 0 Å². The van der Waals surface area contributed by atoms with Gasteiger partial charge >= 0.3 is 18.9 Å². The summed E-state index contributed by atoms with van der Waals surface area (Å²) in [6, 6.07) is 5.90. The predicted octanol–water partition coefficient (Wildman–Crippen LogP) is -1.50. The molecule has 1 aromatic rings. The molecule has 3 nitrogen and oxygen atoms in total. The molecule has 0 aromatic heterocycles. The van der Waals surface area contributed by atoms with Crippen molar-refractivity contribution in [2.45, 2.75) is 10.9 Å². The standard InChI is InChI=1S/C10H14FNO2S.Li/c1-12(2)10(7-11)8-3-5-9(6-4-8)15(13)14;/h3-6,10H,7H2,1-2H3,(H,13,14);/q;+1/p-1. The minimum absolute atomic E-state index is 0. The van der Waals surface area contributed by atoms with Gasteiger partial charge in [0.2, 0.25) is 0 Å². The second-order valence-corrected chi connectivity index (χ2v) is 4.38. The Hall–Kier alpha value is -0.183. The summed E-state index contributed by atoms with van der Waals surface area (Å²) in [5.41, 5.74) is 0.775. The molecule has 0 N–H and O–H groups in total. The van der Waals surface area contributed by atoms with E-state index in [0.29, 0.717) is 0 Å². The van der Waals surface area contributed by atoms with Crippen LogP contribution in [-0.4, -0.2) is 34.4 Å². The zero-order chi connectivity index (χ0) is 11.4. The van der Waals surface area contributed by atoms with Crippen molar-refractivity contribution in [2.24, 2.45) is 0 Å². The monoisotopic (exact) mass is 237 g/mol.